The van der Waals surface area contributed by atoms with Crippen LogP contribution < -0.4 is 5.73 Å². The van der Waals surface area contributed by atoms with E-state index in [9.17, 15) is 0 Å². The van der Waals surface area contributed by atoms with Crippen molar-refractivity contribution < 1.29 is 0 Å². The fraction of sp³-hybridized carbons (Fsp3) is 0.0909. The summed E-state index contributed by atoms with van der Waals surface area (Å²) < 4.78 is 3.52. The van der Waals surface area contributed by atoms with Crippen molar-refractivity contribution in [3.05, 3.63) is 35.5 Å². The van der Waals surface area contributed by atoms with Crippen LogP contribution in [0.25, 0.3) is 16.9 Å². The second kappa shape index (κ2) is 3.49. The Morgan fingerprint density at radius 3 is 2.82 bits per heavy atom. The molecule has 0 bridgehead atoms. The largest absolute Gasteiger partial charge is 0.369 e. The molecule has 0 saturated heterocycles. The number of fused-ring (bicyclic) bond motifs is 1. The summed E-state index contributed by atoms with van der Waals surface area (Å²) in [5.41, 5.74) is 7.56. The predicted octanol–water partition coefficient (Wildman–Crippen LogP) is 1.99. The van der Waals surface area contributed by atoms with E-state index in [1.165, 1.54) is 0 Å². The van der Waals surface area contributed by atoms with Crippen LogP contribution in [0.2, 0.25) is 5.02 Å². The number of benzene rings is 1. The highest BCUT2D eigenvalue weighted by molar-refractivity contribution is 6.31. The summed E-state index contributed by atoms with van der Waals surface area (Å²) in [5, 5.41) is 4.96. The molecule has 0 amide bonds. The molecule has 0 aliphatic rings. The third kappa shape index (κ3) is 1.55. The van der Waals surface area contributed by atoms with Crippen molar-refractivity contribution >= 4 is 28.6 Å². The average molecular weight is 248 g/mol. The van der Waals surface area contributed by atoms with Gasteiger partial charge in [-0.2, -0.15) is 5.10 Å². The smallest absolute Gasteiger partial charge is 0.207 e. The highest BCUT2D eigenvalue weighted by Gasteiger charge is 2.11. The molecule has 86 valence electrons. The number of aryl methyl sites for hydroxylation is 1. The van der Waals surface area contributed by atoms with E-state index in [2.05, 4.69) is 10.1 Å². The van der Waals surface area contributed by atoms with Crippen LogP contribution in [0.5, 0.6) is 0 Å². The normalized spacial score (nSPS) is 11.2. The van der Waals surface area contributed by atoms with Gasteiger partial charge in [0.1, 0.15) is 0 Å². The van der Waals surface area contributed by atoms with Gasteiger partial charge in [0.15, 0.2) is 5.82 Å². The Balaban J connectivity index is 2.32. The standard InChI is InChI=1S/C11H10ClN5/c1-16-5-4-10(15-16)17-9-3-2-7(12)6-8(9)14-11(17)13/h2-6H,1H3,(H2,13,14). The van der Waals surface area contributed by atoms with Gasteiger partial charge in [-0.25, -0.2) is 4.98 Å². The Hall–Kier alpha value is -2.01. The summed E-state index contributed by atoms with van der Waals surface area (Å²) in [7, 11) is 1.86. The summed E-state index contributed by atoms with van der Waals surface area (Å²) in [4.78, 5) is 4.27. The zero-order valence-corrected chi connectivity index (χ0v) is 9.89. The molecule has 0 aliphatic heterocycles. The first-order chi connectivity index (χ1) is 8.15. The van der Waals surface area contributed by atoms with Crippen molar-refractivity contribution in [3.63, 3.8) is 0 Å². The lowest BCUT2D eigenvalue weighted by atomic mass is 10.3. The van der Waals surface area contributed by atoms with Crippen LogP contribution in [0.4, 0.5) is 5.95 Å². The molecule has 3 aromatic rings. The maximum Gasteiger partial charge on any atom is 0.207 e. The van der Waals surface area contributed by atoms with E-state index in [0.29, 0.717) is 11.0 Å². The number of hydrogen-bond acceptors (Lipinski definition) is 3. The number of aromatic nitrogens is 4. The van der Waals surface area contributed by atoms with E-state index >= 15 is 0 Å². The van der Waals surface area contributed by atoms with E-state index in [1.54, 1.807) is 15.3 Å². The zero-order chi connectivity index (χ0) is 12.0. The van der Waals surface area contributed by atoms with E-state index < -0.39 is 0 Å². The van der Waals surface area contributed by atoms with Crippen LogP contribution in [0.1, 0.15) is 0 Å². The fourth-order valence-electron chi connectivity index (χ4n) is 1.83. The van der Waals surface area contributed by atoms with E-state index in [4.69, 9.17) is 17.3 Å². The highest BCUT2D eigenvalue weighted by atomic mass is 35.5. The number of halogens is 1. The summed E-state index contributed by atoms with van der Waals surface area (Å²) in [6, 6.07) is 7.36. The molecule has 2 aromatic heterocycles. The quantitative estimate of drug-likeness (QED) is 0.715. The van der Waals surface area contributed by atoms with Crippen LogP contribution in [0.3, 0.4) is 0 Å². The number of nitrogens with zero attached hydrogens (tertiary/aromatic N) is 4. The molecule has 17 heavy (non-hydrogen) atoms. The Morgan fingerprint density at radius 1 is 1.29 bits per heavy atom. The van der Waals surface area contributed by atoms with Gasteiger partial charge in [-0.3, -0.25) is 9.25 Å². The van der Waals surface area contributed by atoms with E-state index in [0.717, 1.165) is 16.9 Å². The molecular formula is C11H10ClN5. The molecular weight excluding hydrogens is 238 g/mol. The fourth-order valence-corrected chi connectivity index (χ4v) is 2.00. The molecule has 2 N–H and O–H groups in total. The Labute approximate surface area is 102 Å². The van der Waals surface area contributed by atoms with Crippen molar-refractivity contribution in [2.45, 2.75) is 0 Å². The van der Waals surface area contributed by atoms with Gasteiger partial charge in [0.25, 0.3) is 0 Å². The average Bonchev–Trinajstić information content (AvgIpc) is 2.80. The second-order valence-electron chi connectivity index (χ2n) is 3.79. The van der Waals surface area contributed by atoms with Gasteiger partial charge >= 0.3 is 0 Å². The molecule has 1 aromatic carbocycles. The summed E-state index contributed by atoms with van der Waals surface area (Å²) >= 11 is 5.92. The predicted molar refractivity (Wildman–Crippen MR) is 67.3 cm³/mol. The molecule has 0 fully saturated rings. The van der Waals surface area contributed by atoms with Gasteiger partial charge in [-0.15, -0.1) is 0 Å². The van der Waals surface area contributed by atoms with E-state index in [-0.39, 0.29) is 0 Å². The minimum Gasteiger partial charge on any atom is -0.369 e. The number of nitrogens with two attached hydrogens (primary N) is 1. The van der Waals surface area contributed by atoms with Crippen molar-refractivity contribution in [1.82, 2.24) is 19.3 Å². The first-order valence-corrected chi connectivity index (χ1v) is 5.46. The molecule has 0 atom stereocenters. The maximum absolute atomic E-state index is 5.92. The topological polar surface area (TPSA) is 61.7 Å². The zero-order valence-electron chi connectivity index (χ0n) is 9.13. The van der Waals surface area contributed by atoms with Crippen LogP contribution in [0.15, 0.2) is 30.5 Å². The van der Waals surface area contributed by atoms with Crippen LogP contribution in [-0.4, -0.2) is 19.3 Å². The number of nitrogen functional groups attached to an aromatic ring is 1. The van der Waals surface area contributed by atoms with Crippen LogP contribution in [-0.2, 0) is 7.05 Å². The van der Waals surface area contributed by atoms with Gasteiger partial charge in [0, 0.05) is 24.3 Å². The van der Waals surface area contributed by atoms with Gasteiger partial charge in [-0.1, -0.05) is 11.6 Å². The van der Waals surface area contributed by atoms with Crippen molar-refractivity contribution in [2.75, 3.05) is 5.73 Å². The number of anilines is 1. The number of imidazole rings is 1. The molecule has 2 heterocycles. The molecule has 0 spiro atoms. The summed E-state index contributed by atoms with van der Waals surface area (Å²) in [6.07, 6.45) is 1.86. The second-order valence-corrected chi connectivity index (χ2v) is 4.22. The van der Waals surface area contributed by atoms with Gasteiger partial charge < -0.3 is 5.73 Å². The molecule has 0 unspecified atom stereocenters. The first-order valence-electron chi connectivity index (χ1n) is 5.08. The minimum absolute atomic E-state index is 0.404. The first kappa shape index (κ1) is 10.2. The minimum atomic E-state index is 0.404. The lowest BCUT2D eigenvalue weighted by molar-refractivity contribution is 0.754. The third-order valence-corrected chi connectivity index (χ3v) is 2.81. The maximum atomic E-state index is 5.92. The highest BCUT2D eigenvalue weighted by Crippen LogP contribution is 2.24. The van der Waals surface area contributed by atoms with Crippen molar-refractivity contribution in [2.24, 2.45) is 7.05 Å². The Kier molecular flexibility index (Phi) is 2.09. The van der Waals surface area contributed by atoms with Gasteiger partial charge in [-0.05, 0) is 18.2 Å². The molecule has 5 nitrogen and oxygen atoms in total. The molecule has 0 aliphatic carbocycles. The van der Waals surface area contributed by atoms with E-state index in [1.807, 2.05) is 31.4 Å². The lowest BCUT2D eigenvalue weighted by Gasteiger charge is -2.01. The summed E-state index contributed by atoms with van der Waals surface area (Å²) in [6.45, 7) is 0. The molecule has 0 radical (unpaired) electrons. The molecule has 3 rings (SSSR count). The van der Waals surface area contributed by atoms with Crippen LogP contribution >= 0.6 is 11.6 Å². The number of hydrogen-bond donors (Lipinski definition) is 1. The molecule has 0 saturated carbocycles. The summed E-state index contributed by atoms with van der Waals surface area (Å²) in [5.74, 6) is 1.15. The van der Waals surface area contributed by atoms with Crippen molar-refractivity contribution in [3.8, 4) is 5.82 Å². The molecule has 6 heteroatoms. The van der Waals surface area contributed by atoms with Crippen LogP contribution in [0, 0.1) is 0 Å². The Morgan fingerprint density at radius 2 is 2.12 bits per heavy atom. The SMILES string of the molecule is Cn1ccc(-n2c(N)nc3cc(Cl)ccc32)n1. The van der Waals surface area contributed by atoms with Crippen molar-refractivity contribution in [1.29, 1.82) is 0 Å². The van der Waals surface area contributed by atoms with Gasteiger partial charge in [0.2, 0.25) is 5.95 Å². The number of rotatable bonds is 1. The Bertz CT molecular complexity index is 697. The monoisotopic (exact) mass is 247 g/mol. The third-order valence-electron chi connectivity index (χ3n) is 2.57. The lowest BCUT2D eigenvalue weighted by Crippen LogP contribution is -2.02. The van der Waals surface area contributed by atoms with Gasteiger partial charge in [0.05, 0.1) is 11.0 Å².